The molecule has 126 valence electrons. The maximum Gasteiger partial charge on any atom is 0.286 e. The van der Waals surface area contributed by atoms with E-state index in [4.69, 9.17) is 15.2 Å². The zero-order valence-electron chi connectivity index (χ0n) is 12.7. The standard InChI is InChI=1S/C14H13N3O6S/c1-22-10-5-8(9(17(20)21)6-11(10)23-2)13(19)16-14-7(12(15)18)3-4-24-14/h3-6H,1-2H3,(H2,15,18)(H,16,19). The second-order valence-corrected chi connectivity index (χ2v) is 5.38. The Morgan fingerprint density at radius 2 is 1.83 bits per heavy atom. The van der Waals surface area contributed by atoms with E-state index >= 15 is 0 Å². The van der Waals surface area contributed by atoms with Crippen molar-refractivity contribution in [2.24, 2.45) is 5.73 Å². The Morgan fingerprint density at radius 1 is 1.21 bits per heavy atom. The Kier molecular flexibility index (Phi) is 4.99. The molecule has 0 fully saturated rings. The predicted molar refractivity (Wildman–Crippen MR) is 87.0 cm³/mol. The number of amides is 2. The molecule has 0 bridgehead atoms. The second-order valence-electron chi connectivity index (χ2n) is 4.46. The second kappa shape index (κ2) is 6.96. The fourth-order valence-electron chi connectivity index (χ4n) is 1.97. The minimum Gasteiger partial charge on any atom is -0.493 e. The molecule has 0 unspecified atom stereocenters. The van der Waals surface area contributed by atoms with Gasteiger partial charge in [-0.1, -0.05) is 0 Å². The van der Waals surface area contributed by atoms with Gasteiger partial charge in [-0.2, -0.15) is 0 Å². The average molecular weight is 351 g/mol. The van der Waals surface area contributed by atoms with Crippen LogP contribution in [-0.4, -0.2) is 31.0 Å². The van der Waals surface area contributed by atoms with Gasteiger partial charge in [0.25, 0.3) is 17.5 Å². The van der Waals surface area contributed by atoms with Crippen molar-refractivity contribution in [1.29, 1.82) is 0 Å². The summed E-state index contributed by atoms with van der Waals surface area (Å²) in [7, 11) is 2.67. The average Bonchev–Trinajstić information content (AvgIpc) is 3.01. The summed E-state index contributed by atoms with van der Waals surface area (Å²) in [4.78, 5) is 34.2. The summed E-state index contributed by atoms with van der Waals surface area (Å²) in [5, 5.41) is 15.5. The molecule has 0 aliphatic carbocycles. The number of anilines is 1. The van der Waals surface area contributed by atoms with E-state index in [1.807, 2.05) is 0 Å². The van der Waals surface area contributed by atoms with Gasteiger partial charge in [-0.05, 0) is 11.4 Å². The van der Waals surface area contributed by atoms with Crippen LogP contribution in [0.25, 0.3) is 0 Å². The third-order valence-electron chi connectivity index (χ3n) is 3.10. The lowest BCUT2D eigenvalue weighted by molar-refractivity contribution is -0.385. The van der Waals surface area contributed by atoms with Gasteiger partial charge in [0, 0.05) is 6.07 Å². The summed E-state index contributed by atoms with van der Waals surface area (Å²) in [5.41, 5.74) is 4.64. The van der Waals surface area contributed by atoms with Crippen LogP contribution in [0.3, 0.4) is 0 Å². The van der Waals surface area contributed by atoms with Crippen LogP contribution in [0.2, 0.25) is 0 Å². The third-order valence-corrected chi connectivity index (χ3v) is 3.93. The highest BCUT2D eigenvalue weighted by Crippen LogP contribution is 2.35. The fraction of sp³-hybridized carbons (Fsp3) is 0.143. The summed E-state index contributed by atoms with van der Waals surface area (Å²) in [6.45, 7) is 0. The van der Waals surface area contributed by atoms with Gasteiger partial charge in [0.2, 0.25) is 0 Å². The number of nitrogens with zero attached hydrogens (tertiary/aromatic N) is 1. The van der Waals surface area contributed by atoms with Crippen molar-refractivity contribution in [3.05, 3.63) is 44.8 Å². The first-order chi connectivity index (χ1) is 11.4. The molecule has 0 saturated carbocycles. The number of nitro benzene ring substituents is 1. The van der Waals surface area contributed by atoms with E-state index in [-0.39, 0.29) is 27.6 Å². The quantitative estimate of drug-likeness (QED) is 0.604. The molecule has 0 radical (unpaired) electrons. The normalized spacial score (nSPS) is 10.1. The molecule has 2 aromatic rings. The van der Waals surface area contributed by atoms with Gasteiger partial charge in [0.05, 0.1) is 30.8 Å². The molecule has 10 heteroatoms. The minimum absolute atomic E-state index is 0.120. The predicted octanol–water partition coefficient (Wildman–Crippen LogP) is 2.02. The lowest BCUT2D eigenvalue weighted by Crippen LogP contribution is -2.17. The zero-order valence-corrected chi connectivity index (χ0v) is 13.5. The van der Waals surface area contributed by atoms with Crippen molar-refractivity contribution in [1.82, 2.24) is 0 Å². The monoisotopic (exact) mass is 351 g/mol. The van der Waals surface area contributed by atoms with Crippen molar-refractivity contribution in [2.75, 3.05) is 19.5 Å². The molecule has 9 nitrogen and oxygen atoms in total. The molecule has 3 N–H and O–H groups in total. The topological polar surface area (TPSA) is 134 Å². The minimum atomic E-state index is -0.771. The van der Waals surface area contributed by atoms with Crippen LogP contribution in [-0.2, 0) is 0 Å². The van der Waals surface area contributed by atoms with Crippen molar-refractivity contribution in [3.63, 3.8) is 0 Å². The van der Waals surface area contributed by atoms with Crippen LogP contribution in [0.5, 0.6) is 11.5 Å². The number of thiophene rings is 1. The fourth-order valence-corrected chi connectivity index (χ4v) is 2.76. The molecule has 0 atom stereocenters. The number of nitro groups is 1. The Hall–Kier alpha value is -3.14. The highest BCUT2D eigenvalue weighted by molar-refractivity contribution is 7.14. The first kappa shape index (κ1) is 17.2. The molecule has 1 heterocycles. The SMILES string of the molecule is COc1cc(C(=O)Nc2sccc2C(N)=O)c([N+](=O)[O-])cc1OC. The van der Waals surface area contributed by atoms with Gasteiger partial charge in [0.1, 0.15) is 10.6 Å². The number of carbonyl (C=O) groups excluding carboxylic acids is 2. The van der Waals surface area contributed by atoms with Crippen molar-refractivity contribution in [3.8, 4) is 11.5 Å². The van der Waals surface area contributed by atoms with E-state index in [1.54, 1.807) is 5.38 Å². The number of hydrogen-bond donors (Lipinski definition) is 2. The summed E-state index contributed by atoms with van der Waals surface area (Å²) in [6.07, 6.45) is 0. The zero-order chi connectivity index (χ0) is 17.9. The first-order valence-electron chi connectivity index (χ1n) is 6.48. The van der Waals surface area contributed by atoms with Gasteiger partial charge in [0.15, 0.2) is 11.5 Å². The van der Waals surface area contributed by atoms with Gasteiger partial charge >= 0.3 is 0 Å². The number of carbonyl (C=O) groups is 2. The number of nitrogens with two attached hydrogens (primary N) is 1. The Morgan fingerprint density at radius 3 is 2.38 bits per heavy atom. The van der Waals surface area contributed by atoms with E-state index < -0.39 is 22.4 Å². The van der Waals surface area contributed by atoms with Crippen LogP contribution in [0, 0.1) is 10.1 Å². The molecule has 24 heavy (non-hydrogen) atoms. The summed E-state index contributed by atoms with van der Waals surface area (Å²) in [5.74, 6) is -1.20. The lowest BCUT2D eigenvalue weighted by atomic mass is 10.1. The number of hydrogen-bond acceptors (Lipinski definition) is 7. The Bertz CT molecular complexity index is 817. The number of rotatable bonds is 6. The first-order valence-corrected chi connectivity index (χ1v) is 7.36. The van der Waals surface area contributed by atoms with Gasteiger partial charge in [-0.25, -0.2) is 0 Å². The van der Waals surface area contributed by atoms with Crippen LogP contribution in [0.4, 0.5) is 10.7 Å². The lowest BCUT2D eigenvalue weighted by Gasteiger charge is -2.10. The molecule has 0 aliphatic heterocycles. The summed E-state index contributed by atoms with van der Waals surface area (Å²) < 4.78 is 10.1. The van der Waals surface area contributed by atoms with Crippen molar-refractivity contribution in [2.45, 2.75) is 0 Å². The number of nitrogens with one attached hydrogen (secondary N) is 1. The molecule has 0 saturated heterocycles. The van der Waals surface area contributed by atoms with Crippen LogP contribution in [0.1, 0.15) is 20.7 Å². The van der Waals surface area contributed by atoms with Crippen LogP contribution < -0.4 is 20.5 Å². The largest absolute Gasteiger partial charge is 0.493 e. The molecular formula is C14H13N3O6S. The van der Waals surface area contributed by atoms with E-state index in [2.05, 4.69) is 5.32 Å². The molecule has 0 aliphatic rings. The van der Waals surface area contributed by atoms with Gasteiger partial charge in [-0.15, -0.1) is 11.3 Å². The smallest absolute Gasteiger partial charge is 0.286 e. The van der Waals surface area contributed by atoms with Gasteiger partial charge in [-0.3, -0.25) is 19.7 Å². The maximum atomic E-state index is 12.4. The molecule has 0 spiro atoms. The van der Waals surface area contributed by atoms with Gasteiger partial charge < -0.3 is 20.5 Å². The van der Waals surface area contributed by atoms with Crippen molar-refractivity contribution < 1.29 is 24.0 Å². The Balaban J connectivity index is 2.46. The Labute approximate surface area is 140 Å². The van der Waals surface area contributed by atoms with E-state index in [1.165, 1.54) is 26.4 Å². The van der Waals surface area contributed by atoms with E-state index in [9.17, 15) is 19.7 Å². The number of primary amides is 1. The number of methoxy groups -OCH3 is 2. The van der Waals surface area contributed by atoms with E-state index in [0.717, 1.165) is 17.4 Å². The third kappa shape index (κ3) is 3.27. The molecule has 1 aromatic heterocycles. The molecule has 2 rings (SSSR count). The van der Waals surface area contributed by atoms with E-state index in [0.29, 0.717) is 0 Å². The molecule has 1 aromatic carbocycles. The summed E-state index contributed by atoms with van der Waals surface area (Å²) >= 11 is 1.07. The molecular weight excluding hydrogens is 338 g/mol. The van der Waals surface area contributed by atoms with Crippen LogP contribution in [0.15, 0.2) is 23.6 Å². The molecule has 2 amide bonds. The summed E-state index contributed by atoms with van der Waals surface area (Å²) in [6, 6.07) is 3.74. The number of ether oxygens (including phenoxy) is 2. The number of benzene rings is 1. The van der Waals surface area contributed by atoms with Crippen LogP contribution >= 0.6 is 11.3 Å². The van der Waals surface area contributed by atoms with Crippen molar-refractivity contribution >= 4 is 33.8 Å². The highest BCUT2D eigenvalue weighted by atomic mass is 32.1. The highest BCUT2D eigenvalue weighted by Gasteiger charge is 2.25. The maximum absolute atomic E-state index is 12.4.